The molecule has 0 heterocycles. The number of unbranched alkanes of at least 4 members (excludes halogenated alkanes) is 2. The van der Waals surface area contributed by atoms with Crippen molar-refractivity contribution in [2.75, 3.05) is 0 Å². The second kappa shape index (κ2) is 6.84. The number of aliphatic hydroxyl groups is 1. The molecule has 0 aliphatic carbocycles. The average molecular weight is 184 g/mol. The van der Waals surface area contributed by atoms with E-state index < -0.39 is 6.10 Å². The Morgan fingerprint density at radius 2 is 2.00 bits per heavy atom. The molecule has 2 heteroatoms. The molecule has 1 N–H and O–H groups in total. The van der Waals surface area contributed by atoms with Crippen molar-refractivity contribution < 1.29 is 9.90 Å². The number of rotatable bonds is 6. The van der Waals surface area contributed by atoms with Crippen LogP contribution in [0.3, 0.4) is 0 Å². The van der Waals surface area contributed by atoms with Crippen LogP contribution < -0.4 is 0 Å². The number of hydrogen-bond donors (Lipinski definition) is 1. The van der Waals surface area contributed by atoms with Crippen LogP contribution in [0.1, 0.15) is 46.5 Å². The fourth-order valence-corrected chi connectivity index (χ4v) is 1.09. The van der Waals surface area contributed by atoms with Crippen molar-refractivity contribution in [2.45, 2.75) is 52.6 Å². The van der Waals surface area contributed by atoms with Gasteiger partial charge in [-0.25, -0.2) is 0 Å². The number of ketones is 1. The predicted molar refractivity (Wildman–Crippen MR) is 54.6 cm³/mol. The summed E-state index contributed by atoms with van der Waals surface area (Å²) in [5, 5.41) is 9.47. The molecule has 0 amide bonds. The van der Waals surface area contributed by atoms with Crippen LogP contribution in [0.5, 0.6) is 0 Å². The summed E-state index contributed by atoms with van der Waals surface area (Å²) in [6.45, 7) is 5.39. The van der Waals surface area contributed by atoms with Crippen LogP contribution >= 0.6 is 0 Å². The molecule has 0 rings (SSSR count). The summed E-state index contributed by atoms with van der Waals surface area (Å²) in [6.07, 6.45) is 5.29. The molecule has 1 unspecified atom stereocenters. The summed E-state index contributed by atoms with van der Waals surface area (Å²) in [5.74, 6) is 0.0366. The molecular weight excluding hydrogens is 164 g/mol. The standard InChI is InChI=1S/C11H20O2/c1-4-5-6-7-11(13)8-9(2)10(3)12/h8,11,13H,4-7H2,1-3H3/b9-8+. The summed E-state index contributed by atoms with van der Waals surface area (Å²) in [5.41, 5.74) is 0.656. The van der Waals surface area contributed by atoms with Gasteiger partial charge in [0, 0.05) is 0 Å². The Bertz CT molecular complexity index is 183. The van der Waals surface area contributed by atoms with Gasteiger partial charge in [0.2, 0.25) is 0 Å². The fourth-order valence-electron chi connectivity index (χ4n) is 1.09. The van der Waals surface area contributed by atoms with Crippen molar-refractivity contribution in [1.82, 2.24) is 0 Å². The Morgan fingerprint density at radius 3 is 2.46 bits per heavy atom. The van der Waals surface area contributed by atoms with Gasteiger partial charge < -0.3 is 5.11 Å². The Labute approximate surface area is 80.7 Å². The van der Waals surface area contributed by atoms with Gasteiger partial charge in [-0.05, 0) is 31.9 Å². The van der Waals surface area contributed by atoms with Gasteiger partial charge in [-0.15, -0.1) is 0 Å². The molecule has 0 aromatic rings. The van der Waals surface area contributed by atoms with Crippen LogP contribution in [0.2, 0.25) is 0 Å². The predicted octanol–water partition coefficient (Wildman–Crippen LogP) is 2.46. The zero-order valence-corrected chi connectivity index (χ0v) is 8.84. The minimum absolute atomic E-state index is 0.0366. The minimum Gasteiger partial charge on any atom is -0.389 e. The van der Waals surface area contributed by atoms with Crippen LogP contribution in [-0.4, -0.2) is 17.0 Å². The lowest BCUT2D eigenvalue weighted by molar-refractivity contribution is -0.113. The molecule has 0 aliphatic rings. The van der Waals surface area contributed by atoms with Gasteiger partial charge in [0.05, 0.1) is 6.10 Å². The lowest BCUT2D eigenvalue weighted by Gasteiger charge is -2.05. The minimum atomic E-state index is -0.449. The molecule has 0 aliphatic heterocycles. The molecule has 0 spiro atoms. The topological polar surface area (TPSA) is 37.3 Å². The second-order valence-electron chi connectivity index (χ2n) is 3.47. The monoisotopic (exact) mass is 184 g/mol. The van der Waals surface area contributed by atoms with E-state index in [1.807, 2.05) is 0 Å². The maximum atomic E-state index is 10.8. The number of hydrogen-bond acceptors (Lipinski definition) is 2. The van der Waals surface area contributed by atoms with E-state index in [1.54, 1.807) is 13.0 Å². The highest BCUT2D eigenvalue weighted by Gasteiger charge is 2.02. The molecule has 2 nitrogen and oxygen atoms in total. The van der Waals surface area contributed by atoms with Crippen molar-refractivity contribution in [3.05, 3.63) is 11.6 Å². The third kappa shape index (κ3) is 6.52. The first kappa shape index (κ1) is 12.4. The van der Waals surface area contributed by atoms with E-state index >= 15 is 0 Å². The van der Waals surface area contributed by atoms with E-state index in [4.69, 9.17) is 0 Å². The number of aliphatic hydroxyl groups excluding tert-OH is 1. The quantitative estimate of drug-likeness (QED) is 0.508. The highest BCUT2D eigenvalue weighted by Crippen LogP contribution is 2.06. The van der Waals surface area contributed by atoms with Crippen LogP contribution in [0.25, 0.3) is 0 Å². The molecular formula is C11H20O2. The van der Waals surface area contributed by atoms with Crippen molar-refractivity contribution in [3.63, 3.8) is 0 Å². The van der Waals surface area contributed by atoms with Crippen LogP contribution in [0.15, 0.2) is 11.6 Å². The van der Waals surface area contributed by atoms with E-state index in [9.17, 15) is 9.90 Å². The molecule has 13 heavy (non-hydrogen) atoms. The van der Waals surface area contributed by atoms with E-state index in [1.165, 1.54) is 6.92 Å². The zero-order chi connectivity index (χ0) is 10.3. The molecule has 0 saturated carbocycles. The highest BCUT2D eigenvalue weighted by molar-refractivity contribution is 5.92. The Kier molecular flexibility index (Phi) is 6.51. The smallest absolute Gasteiger partial charge is 0.155 e. The average Bonchev–Trinajstić information content (AvgIpc) is 2.04. The van der Waals surface area contributed by atoms with Gasteiger partial charge >= 0.3 is 0 Å². The van der Waals surface area contributed by atoms with Gasteiger partial charge in [-0.2, -0.15) is 0 Å². The molecule has 0 aromatic heterocycles. The third-order valence-corrected chi connectivity index (χ3v) is 2.10. The molecule has 0 radical (unpaired) electrons. The van der Waals surface area contributed by atoms with Crippen molar-refractivity contribution in [1.29, 1.82) is 0 Å². The Morgan fingerprint density at radius 1 is 1.38 bits per heavy atom. The summed E-state index contributed by atoms with van der Waals surface area (Å²) >= 11 is 0. The van der Waals surface area contributed by atoms with Crippen LogP contribution in [0, 0.1) is 0 Å². The first-order chi connectivity index (χ1) is 6.07. The van der Waals surface area contributed by atoms with E-state index in [-0.39, 0.29) is 5.78 Å². The number of allylic oxidation sites excluding steroid dienone is 1. The molecule has 0 bridgehead atoms. The lowest BCUT2D eigenvalue weighted by atomic mass is 10.1. The van der Waals surface area contributed by atoms with Gasteiger partial charge in [0.15, 0.2) is 5.78 Å². The molecule has 0 saturated heterocycles. The van der Waals surface area contributed by atoms with Gasteiger partial charge in [0.25, 0.3) is 0 Å². The maximum absolute atomic E-state index is 10.8. The van der Waals surface area contributed by atoms with Crippen molar-refractivity contribution in [3.8, 4) is 0 Å². The highest BCUT2D eigenvalue weighted by atomic mass is 16.3. The summed E-state index contributed by atoms with van der Waals surface area (Å²) in [6, 6.07) is 0. The zero-order valence-electron chi connectivity index (χ0n) is 8.84. The first-order valence-electron chi connectivity index (χ1n) is 4.95. The Hall–Kier alpha value is -0.630. The van der Waals surface area contributed by atoms with E-state index in [0.29, 0.717) is 5.57 Å². The van der Waals surface area contributed by atoms with Gasteiger partial charge in [-0.1, -0.05) is 26.2 Å². The third-order valence-electron chi connectivity index (χ3n) is 2.10. The van der Waals surface area contributed by atoms with Gasteiger partial charge in [-0.3, -0.25) is 4.79 Å². The summed E-state index contributed by atoms with van der Waals surface area (Å²) in [4.78, 5) is 10.8. The molecule has 0 fully saturated rings. The molecule has 1 atom stereocenters. The molecule has 76 valence electrons. The van der Waals surface area contributed by atoms with Crippen LogP contribution in [-0.2, 0) is 4.79 Å². The van der Waals surface area contributed by atoms with Crippen molar-refractivity contribution in [2.24, 2.45) is 0 Å². The molecule has 0 aromatic carbocycles. The lowest BCUT2D eigenvalue weighted by Crippen LogP contribution is -2.05. The van der Waals surface area contributed by atoms with Crippen molar-refractivity contribution >= 4 is 5.78 Å². The van der Waals surface area contributed by atoms with Gasteiger partial charge in [0.1, 0.15) is 0 Å². The number of carbonyl (C=O) groups excluding carboxylic acids is 1. The summed E-state index contributed by atoms with van der Waals surface area (Å²) in [7, 11) is 0. The van der Waals surface area contributed by atoms with E-state index in [0.717, 1.165) is 25.7 Å². The normalized spacial score (nSPS) is 14.3. The number of Topliss-reactive ketones (excluding diaryl/α,β-unsaturated/α-hetero) is 1. The van der Waals surface area contributed by atoms with Crippen LogP contribution in [0.4, 0.5) is 0 Å². The maximum Gasteiger partial charge on any atom is 0.155 e. The number of carbonyl (C=O) groups is 1. The van der Waals surface area contributed by atoms with E-state index in [2.05, 4.69) is 6.92 Å². The second-order valence-corrected chi connectivity index (χ2v) is 3.47. The largest absolute Gasteiger partial charge is 0.389 e. The summed E-state index contributed by atoms with van der Waals surface area (Å²) < 4.78 is 0. The first-order valence-corrected chi connectivity index (χ1v) is 4.95. The fraction of sp³-hybridized carbons (Fsp3) is 0.727. The Balaban J connectivity index is 3.78. The SMILES string of the molecule is CCCCCC(O)/C=C(\C)C(C)=O.